The number of anilines is 1. The van der Waals surface area contributed by atoms with Crippen LogP contribution in [0.4, 0.5) is 14.5 Å². The van der Waals surface area contributed by atoms with Crippen molar-refractivity contribution in [3.05, 3.63) is 62.7 Å². The maximum Gasteiger partial charge on any atom is 0.256 e. The highest BCUT2D eigenvalue weighted by Crippen LogP contribution is 2.34. The van der Waals surface area contributed by atoms with E-state index in [4.69, 9.17) is 0 Å². The van der Waals surface area contributed by atoms with Gasteiger partial charge < -0.3 is 5.32 Å². The second kappa shape index (κ2) is 4.97. The lowest BCUT2D eigenvalue weighted by atomic mass is 10.0. The highest BCUT2D eigenvalue weighted by molar-refractivity contribution is 14.1. The van der Waals surface area contributed by atoms with Gasteiger partial charge in [0.2, 0.25) is 0 Å². The molecule has 2 aromatic rings. The normalized spacial score (nSPS) is 15.3. The van der Waals surface area contributed by atoms with Crippen LogP contribution < -0.4 is 5.32 Å². The molecule has 0 unspecified atom stereocenters. The first-order valence-electron chi connectivity index (χ1n) is 5.82. The SMILES string of the molecule is O=C1Nc2ccc(I)cc2C1=Cc1cc(F)ccc1F. The zero-order valence-corrected chi connectivity index (χ0v) is 12.2. The van der Waals surface area contributed by atoms with E-state index in [0.717, 1.165) is 21.8 Å². The molecule has 0 bridgehead atoms. The lowest BCUT2D eigenvalue weighted by molar-refractivity contribution is -0.110. The molecule has 2 aromatic carbocycles. The maximum atomic E-state index is 13.7. The topological polar surface area (TPSA) is 29.1 Å². The first-order valence-corrected chi connectivity index (χ1v) is 6.90. The van der Waals surface area contributed by atoms with Crippen molar-refractivity contribution in [2.45, 2.75) is 0 Å². The van der Waals surface area contributed by atoms with Gasteiger partial charge in [0, 0.05) is 26.0 Å². The van der Waals surface area contributed by atoms with Gasteiger partial charge in [-0.25, -0.2) is 8.78 Å². The summed E-state index contributed by atoms with van der Waals surface area (Å²) < 4.78 is 27.8. The van der Waals surface area contributed by atoms with Crippen molar-refractivity contribution in [3.63, 3.8) is 0 Å². The van der Waals surface area contributed by atoms with Crippen LogP contribution in [-0.4, -0.2) is 5.91 Å². The molecule has 100 valence electrons. The fourth-order valence-electron chi connectivity index (χ4n) is 2.08. The maximum absolute atomic E-state index is 13.7. The van der Waals surface area contributed by atoms with Crippen molar-refractivity contribution in [1.82, 2.24) is 0 Å². The summed E-state index contributed by atoms with van der Waals surface area (Å²) in [7, 11) is 0. The van der Waals surface area contributed by atoms with Crippen molar-refractivity contribution < 1.29 is 13.6 Å². The van der Waals surface area contributed by atoms with Crippen LogP contribution in [0.25, 0.3) is 11.6 Å². The van der Waals surface area contributed by atoms with Crippen molar-refractivity contribution in [2.75, 3.05) is 5.32 Å². The summed E-state index contributed by atoms with van der Waals surface area (Å²) in [4.78, 5) is 11.9. The largest absolute Gasteiger partial charge is 0.321 e. The summed E-state index contributed by atoms with van der Waals surface area (Å²) in [6.45, 7) is 0. The first kappa shape index (κ1) is 13.2. The van der Waals surface area contributed by atoms with E-state index in [-0.39, 0.29) is 11.5 Å². The van der Waals surface area contributed by atoms with Gasteiger partial charge in [0.05, 0.1) is 0 Å². The fraction of sp³-hybridized carbons (Fsp3) is 0. The molecule has 0 aromatic heterocycles. The minimum Gasteiger partial charge on any atom is -0.321 e. The number of amides is 1. The molecule has 0 saturated heterocycles. The molecule has 0 spiro atoms. The van der Waals surface area contributed by atoms with E-state index in [2.05, 4.69) is 27.9 Å². The Morgan fingerprint density at radius 1 is 1.10 bits per heavy atom. The van der Waals surface area contributed by atoms with Gasteiger partial charge in [-0.3, -0.25) is 4.79 Å². The Hall–Kier alpha value is -1.76. The molecule has 0 radical (unpaired) electrons. The van der Waals surface area contributed by atoms with Gasteiger partial charge in [0.1, 0.15) is 11.6 Å². The molecular weight excluding hydrogens is 375 g/mol. The van der Waals surface area contributed by atoms with Gasteiger partial charge in [0.25, 0.3) is 5.91 Å². The monoisotopic (exact) mass is 383 g/mol. The van der Waals surface area contributed by atoms with E-state index < -0.39 is 11.6 Å². The van der Waals surface area contributed by atoms with Gasteiger partial charge in [-0.2, -0.15) is 0 Å². The Labute approximate surface area is 127 Å². The summed E-state index contributed by atoms with van der Waals surface area (Å²) in [6.07, 6.45) is 1.37. The number of carbonyl (C=O) groups excluding carboxylic acids is 1. The quantitative estimate of drug-likeness (QED) is 0.584. The number of fused-ring (bicyclic) bond motifs is 1. The van der Waals surface area contributed by atoms with Gasteiger partial charge >= 0.3 is 0 Å². The molecule has 0 fully saturated rings. The number of hydrogen-bond acceptors (Lipinski definition) is 1. The molecule has 0 saturated carbocycles. The standard InChI is InChI=1S/C15H8F2INO/c16-9-1-3-13(17)8(5-9)6-12-11-7-10(18)2-4-14(11)19-15(12)20/h1-7H,(H,19,20). The van der Waals surface area contributed by atoms with Gasteiger partial charge in [-0.15, -0.1) is 0 Å². The third kappa shape index (κ3) is 2.33. The molecule has 1 aliphatic rings. The Morgan fingerprint density at radius 3 is 2.70 bits per heavy atom. The Kier molecular flexibility index (Phi) is 3.29. The molecule has 3 rings (SSSR count). The molecule has 1 heterocycles. The predicted octanol–water partition coefficient (Wildman–Crippen LogP) is 4.06. The second-order valence-electron chi connectivity index (χ2n) is 4.37. The van der Waals surface area contributed by atoms with Crippen LogP contribution in [0, 0.1) is 15.2 Å². The highest BCUT2D eigenvalue weighted by atomic mass is 127. The van der Waals surface area contributed by atoms with Crippen LogP contribution in [0.1, 0.15) is 11.1 Å². The number of nitrogens with one attached hydrogen (secondary N) is 1. The van der Waals surface area contributed by atoms with E-state index in [1.165, 1.54) is 6.08 Å². The summed E-state index contributed by atoms with van der Waals surface area (Å²) in [5, 5.41) is 2.70. The minimum absolute atomic E-state index is 0.0573. The molecule has 0 atom stereocenters. The molecule has 1 amide bonds. The lowest BCUT2D eigenvalue weighted by Gasteiger charge is -2.01. The molecule has 2 nitrogen and oxygen atoms in total. The highest BCUT2D eigenvalue weighted by Gasteiger charge is 2.24. The molecule has 1 aliphatic heterocycles. The number of carbonyl (C=O) groups is 1. The van der Waals surface area contributed by atoms with Crippen LogP contribution >= 0.6 is 22.6 Å². The van der Waals surface area contributed by atoms with Gasteiger partial charge in [0.15, 0.2) is 0 Å². The van der Waals surface area contributed by atoms with Gasteiger partial charge in [-0.1, -0.05) is 0 Å². The molecular formula is C15H8F2INO. The van der Waals surface area contributed by atoms with Crippen LogP contribution in [0.15, 0.2) is 36.4 Å². The van der Waals surface area contributed by atoms with E-state index in [1.807, 2.05) is 12.1 Å². The van der Waals surface area contributed by atoms with Crippen LogP contribution in [0.2, 0.25) is 0 Å². The van der Waals surface area contributed by atoms with Crippen LogP contribution in [0.5, 0.6) is 0 Å². The fourth-order valence-corrected chi connectivity index (χ4v) is 2.58. The second-order valence-corrected chi connectivity index (χ2v) is 5.61. The third-order valence-corrected chi connectivity index (χ3v) is 3.69. The summed E-state index contributed by atoms with van der Waals surface area (Å²) in [5.41, 5.74) is 1.77. The zero-order valence-electron chi connectivity index (χ0n) is 10.1. The average Bonchev–Trinajstić information content (AvgIpc) is 2.70. The Balaban J connectivity index is 2.15. The Morgan fingerprint density at radius 2 is 1.90 bits per heavy atom. The molecule has 20 heavy (non-hydrogen) atoms. The molecule has 5 heteroatoms. The first-order chi connectivity index (χ1) is 9.54. The Bertz CT molecular complexity index is 756. The van der Waals surface area contributed by atoms with Crippen molar-refractivity contribution >= 4 is 45.8 Å². The predicted molar refractivity (Wildman–Crippen MR) is 82.0 cm³/mol. The molecule has 1 N–H and O–H groups in total. The summed E-state index contributed by atoms with van der Waals surface area (Å²) in [5.74, 6) is -1.42. The average molecular weight is 383 g/mol. The number of rotatable bonds is 1. The molecule has 0 aliphatic carbocycles. The van der Waals surface area contributed by atoms with Crippen molar-refractivity contribution in [1.29, 1.82) is 0 Å². The number of benzene rings is 2. The third-order valence-electron chi connectivity index (χ3n) is 3.02. The summed E-state index contributed by atoms with van der Waals surface area (Å²) >= 11 is 2.13. The van der Waals surface area contributed by atoms with E-state index in [0.29, 0.717) is 16.8 Å². The zero-order chi connectivity index (χ0) is 14.3. The van der Waals surface area contributed by atoms with E-state index in [9.17, 15) is 13.6 Å². The minimum atomic E-state index is -0.564. The number of halogens is 3. The lowest BCUT2D eigenvalue weighted by Crippen LogP contribution is -2.03. The van der Waals surface area contributed by atoms with Crippen LogP contribution in [0.3, 0.4) is 0 Å². The van der Waals surface area contributed by atoms with Crippen molar-refractivity contribution in [3.8, 4) is 0 Å². The van der Waals surface area contributed by atoms with Gasteiger partial charge in [-0.05, 0) is 65.1 Å². The smallest absolute Gasteiger partial charge is 0.256 e. The van der Waals surface area contributed by atoms with E-state index in [1.54, 1.807) is 6.07 Å². The van der Waals surface area contributed by atoms with Crippen molar-refractivity contribution in [2.24, 2.45) is 0 Å². The van der Waals surface area contributed by atoms with E-state index >= 15 is 0 Å². The van der Waals surface area contributed by atoms with Crippen LogP contribution in [-0.2, 0) is 4.79 Å². The summed E-state index contributed by atoms with van der Waals surface area (Å²) in [6, 6.07) is 8.65. The number of hydrogen-bond donors (Lipinski definition) is 1.